The van der Waals surface area contributed by atoms with Gasteiger partial charge in [-0.2, -0.15) is 0 Å². The highest BCUT2D eigenvalue weighted by Gasteiger charge is 2.32. The van der Waals surface area contributed by atoms with Gasteiger partial charge in [0.05, 0.1) is 10.2 Å². The number of hydrogen-bond donors (Lipinski definition) is 1. The van der Waals surface area contributed by atoms with E-state index in [1.165, 1.54) is 5.56 Å². The van der Waals surface area contributed by atoms with Crippen molar-refractivity contribution in [1.82, 2.24) is 4.98 Å². The van der Waals surface area contributed by atoms with Crippen LogP contribution in [0.1, 0.15) is 18.4 Å². The van der Waals surface area contributed by atoms with Gasteiger partial charge >= 0.3 is 5.97 Å². The first-order valence-corrected chi connectivity index (χ1v) is 6.84. The minimum Gasteiger partial charge on any atom is -0.480 e. The Morgan fingerprint density at radius 2 is 2.39 bits per heavy atom. The van der Waals surface area contributed by atoms with Crippen molar-refractivity contribution < 1.29 is 9.90 Å². The van der Waals surface area contributed by atoms with Gasteiger partial charge in [0, 0.05) is 6.54 Å². The number of rotatable bonds is 2. The van der Waals surface area contributed by atoms with E-state index in [9.17, 15) is 9.90 Å². The average Bonchev–Trinajstić information content (AvgIpc) is 2.95. The Morgan fingerprint density at radius 1 is 1.56 bits per heavy atom. The smallest absolute Gasteiger partial charge is 0.326 e. The fourth-order valence-electron chi connectivity index (χ4n) is 2.45. The zero-order valence-electron chi connectivity index (χ0n) is 10.1. The van der Waals surface area contributed by atoms with Gasteiger partial charge in [-0.05, 0) is 31.4 Å². The van der Waals surface area contributed by atoms with E-state index in [4.69, 9.17) is 0 Å². The van der Waals surface area contributed by atoms with Crippen molar-refractivity contribution in [2.45, 2.75) is 25.8 Å². The molecule has 94 valence electrons. The summed E-state index contributed by atoms with van der Waals surface area (Å²) in [5.74, 6) is -0.747. The number of nitrogens with zero attached hydrogens (tertiary/aromatic N) is 2. The number of aliphatic carboxylic acids is 1. The van der Waals surface area contributed by atoms with Crippen molar-refractivity contribution in [3.05, 3.63) is 23.8 Å². The molecule has 1 N–H and O–H groups in total. The molecule has 1 aliphatic rings. The van der Waals surface area contributed by atoms with Gasteiger partial charge in [-0.3, -0.25) is 0 Å². The summed E-state index contributed by atoms with van der Waals surface area (Å²) >= 11 is 1.59. The molecular weight excluding hydrogens is 248 g/mol. The first kappa shape index (κ1) is 11.5. The van der Waals surface area contributed by atoms with Crippen LogP contribution in [0.4, 0.5) is 5.13 Å². The predicted molar refractivity (Wildman–Crippen MR) is 72.4 cm³/mol. The lowest BCUT2D eigenvalue weighted by Crippen LogP contribution is -2.35. The van der Waals surface area contributed by atoms with Gasteiger partial charge in [-0.1, -0.05) is 23.5 Å². The molecule has 1 saturated heterocycles. The first-order chi connectivity index (χ1) is 8.66. The standard InChI is InChI=1S/C13H14N2O2S/c1-8-4-2-5-9-11(8)18-13(14-9)15-7-3-6-10(15)12(16)17/h2,4-5,10H,3,6-7H2,1H3,(H,16,17)/t10-/m1/s1. The van der Waals surface area contributed by atoms with E-state index in [0.717, 1.165) is 28.3 Å². The van der Waals surface area contributed by atoms with Crippen molar-refractivity contribution in [3.63, 3.8) is 0 Å². The molecule has 0 aliphatic carbocycles. The number of carboxylic acid groups (broad SMARTS) is 1. The Kier molecular flexibility index (Phi) is 2.70. The van der Waals surface area contributed by atoms with Crippen LogP contribution in [0.5, 0.6) is 0 Å². The molecule has 5 heteroatoms. The van der Waals surface area contributed by atoms with Crippen molar-refractivity contribution in [1.29, 1.82) is 0 Å². The van der Waals surface area contributed by atoms with Gasteiger partial charge < -0.3 is 10.0 Å². The van der Waals surface area contributed by atoms with Crippen LogP contribution < -0.4 is 4.90 Å². The van der Waals surface area contributed by atoms with E-state index in [1.54, 1.807) is 11.3 Å². The molecule has 0 amide bonds. The van der Waals surface area contributed by atoms with Crippen LogP contribution >= 0.6 is 11.3 Å². The molecule has 1 aromatic heterocycles. The maximum Gasteiger partial charge on any atom is 0.326 e. The predicted octanol–water partition coefficient (Wildman–Crippen LogP) is 2.66. The van der Waals surface area contributed by atoms with E-state index in [2.05, 4.69) is 18.0 Å². The summed E-state index contributed by atoms with van der Waals surface area (Å²) in [6, 6.07) is 5.61. The number of carbonyl (C=O) groups is 1. The molecule has 0 spiro atoms. The Morgan fingerprint density at radius 3 is 3.11 bits per heavy atom. The lowest BCUT2D eigenvalue weighted by atomic mass is 10.2. The summed E-state index contributed by atoms with van der Waals surface area (Å²) in [5, 5.41) is 10.0. The van der Waals surface area contributed by atoms with Crippen LogP contribution in [0.3, 0.4) is 0 Å². The summed E-state index contributed by atoms with van der Waals surface area (Å²) in [6.45, 7) is 2.85. The molecule has 2 heterocycles. The highest BCUT2D eigenvalue weighted by atomic mass is 32.1. The molecule has 3 rings (SSSR count). The maximum atomic E-state index is 11.2. The number of carboxylic acids is 1. The van der Waals surface area contributed by atoms with Gasteiger partial charge in [-0.25, -0.2) is 9.78 Å². The van der Waals surface area contributed by atoms with Crippen LogP contribution in [0.15, 0.2) is 18.2 Å². The third-order valence-electron chi connectivity index (χ3n) is 3.38. The highest BCUT2D eigenvalue weighted by Crippen LogP contribution is 2.34. The Balaban J connectivity index is 2.04. The van der Waals surface area contributed by atoms with E-state index in [1.807, 2.05) is 17.0 Å². The molecule has 0 saturated carbocycles. The molecule has 1 aromatic carbocycles. The maximum absolute atomic E-state index is 11.2. The number of anilines is 1. The van der Waals surface area contributed by atoms with Crippen LogP contribution in [0, 0.1) is 6.92 Å². The zero-order chi connectivity index (χ0) is 12.7. The minimum absolute atomic E-state index is 0.411. The Bertz CT molecular complexity index is 608. The largest absolute Gasteiger partial charge is 0.480 e. The normalized spacial score (nSPS) is 19.6. The first-order valence-electron chi connectivity index (χ1n) is 6.02. The van der Waals surface area contributed by atoms with Crippen LogP contribution in [-0.4, -0.2) is 28.6 Å². The molecule has 1 fully saturated rings. The van der Waals surface area contributed by atoms with Crippen molar-refractivity contribution in [2.24, 2.45) is 0 Å². The van der Waals surface area contributed by atoms with Crippen LogP contribution in [0.25, 0.3) is 10.2 Å². The second-order valence-corrected chi connectivity index (χ2v) is 5.59. The topological polar surface area (TPSA) is 53.4 Å². The number of fused-ring (bicyclic) bond motifs is 1. The van der Waals surface area contributed by atoms with Crippen molar-refractivity contribution >= 4 is 32.7 Å². The molecule has 1 atom stereocenters. The number of benzene rings is 1. The fourth-order valence-corrected chi connectivity index (χ4v) is 3.56. The molecule has 2 aromatic rings. The van der Waals surface area contributed by atoms with Crippen LogP contribution in [-0.2, 0) is 4.79 Å². The molecule has 4 nitrogen and oxygen atoms in total. The Labute approximate surface area is 109 Å². The molecule has 1 aliphatic heterocycles. The van der Waals surface area contributed by atoms with Gasteiger partial charge in [-0.15, -0.1) is 0 Å². The third kappa shape index (κ3) is 1.75. The lowest BCUT2D eigenvalue weighted by Gasteiger charge is -2.19. The molecule has 18 heavy (non-hydrogen) atoms. The third-order valence-corrected chi connectivity index (χ3v) is 4.63. The molecule has 0 radical (unpaired) electrons. The summed E-state index contributed by atoms with van der Waals surface area (Å²) in [5.41, 5.74) is 2.16. The van der Waals surface area contributed by atoms with Crippen molar-refractivity contribution in [3.8, 4) is 0 Å². The van der Waals surface area contributed by atoms with Crippen molar-refractivity contribution in [2.75, 3.05) is 11.4 Å². The Hall–Kier alpha value is -1.62. The van der Waals surface area contributed by atoms with Crippen LogP contribution in [0.2, 0.25) is 0 Å². The minimum atomic E-state index is -0.747. The van der Waals surface area contributed by atoms with Gasteiger partial charge in [0.1, 0.15) is 6.04 Å². The summed E-state index contributed by atoms with van der Waals surface area (Å²) < 4.78 is 1.16. The molecule has 0 unspecified atom stereocenters. The number of aromatic nitrogens is 1. The molecular formula is C13H14N2O2S. The van der Waals surface area contributed by atoms with Gasteiger partial charge in [0.15, 0.2) is 5.13 Å². The summed E-state index contributed by atoms with van der Waals surface area (Å²) in [6.07, 6.45) is 1.64. The summed E-state index contributed by atoms with van der Waals surface area (Å²) in [4.78, 5) is 17.7. The number of hydrogen-bond acceptors (Lipinski definition) is 4. The second kappa shape index (κ2) is 4.24. The SMILES string of the molecule is Cc1cccc2nc(N3CCC[C@@H]3C(=O)O)sc12. The zero-order valence-corrected chi connectivity index (χ0v) is 10.9. The van der Waals surface area contributed by atoms with Gasteiger partial charge in [0.25, 0.3) is 0 Å². The average molecular weight is 262 g/mol. The van der Waals surface area contributed by atoms with Gasteiger partial charge in [0.2, 0.25) is 0 Å². The second-order valence-electron chi connectivity index (χ2n) is 4.61. The monoisotopic (exact) mass is 262 g/mol. The summed E-state index contributed by atoms with van der Waals surface area (Å²) in [7, 11) is 0. The number of aryl methyl sites for hydroxylation is 1. The van der Waals surface area contributed by atoms with E-state index < -0.39 is 12.0 Å². The van der Waals surface area contributed by atoms with E-state index >= 15 is 0 Å². The molecule has 0 bridgehead atoms. The van der Waals surface area contributed by atoms with E-state index in [0.29, 0.717) is 6.42 Å². The highest BCUT2D eigenvalue weighted by molar-refractivity contribution is 7.22. The quantitative estimate of drug-likeness (QED) is 0.904. The lowest BCUT2D eigenvalue weighted by molar-refractivity contribution is -0.138. The number of thiazole rings is 1. The van der Waals surface area contributed by atoms with E-state index in [-0.39, 0.29) is 0 Å². The fraction of sp³-hybridized carbons (Fsp3) is 0.385.